The molecule has 1 rings (SSSR count). The van der Waals surface area contributed by atoms with Crippen LogP contribution in [-0.2, 0) is 4.79 Å². The Morgan fingerprint density at radius 3 is 2.40 bits per heavy atom. The number of aliphatic carboxylic acids is 1. The molecule has 4 nitrogen and oxygen atoms in total. The zero-order valence-corrected chi connectivity index (χ0v) is 12.0. The van der Waals surface area contributed by atoms with Crippen molar-refractivity contribution >= 4 is 5.97 Å². The molecule has 0 saturated carbocycles. The predicted octanol–water partition coefficient (Wildman–Crippen LogP) is 3.10. The highest BCUT2D eigenvalue weighted by molar-refractivity contribution is 5.74. The van der Waals surface area contributed by atoms with Gasteiger partial charge >= 0.3 is 5.97 Å². The molecular weight excluding hydrogens is 256 g/mol. The highest BCUT2D eigenvalue weighted by Crippen LogP contribution is 2.26. The van der Waals surface area contributed by atoms with Gasteiger partial charge in [-0.1, -0.05) is 37.5 Å². The minimum Gasteiger partial charge on any atom is -0.492 e. The topological polar surface area (TPSA) is 66.8 Å². The number of hydrogen-bond donors (Lipinski definition) is 2. The quantitative estimate of drug-likeness (QED) is 0.646. The Kier molecular flexibility index (Phi) is 7.09. The average molecular weight is 280 g/mol. The van der Waals surface area contributed by atoms with Gasteiger partial charge in [0.2, 0.25) is 0 Å². The maximum atomic E-state index is 11.4. The smallest absolute Gasteiger partial charge is 0.312 e. The maximum Gasteiger partial charge on any atom is 0.312 e. The fourth-order valence-electron chi connectivity index (χ4n) is 1.98. The van der Waals surface area contributed by atoms with Gasteiger partial charge in [0.1, 0.15) is 12.4 Å². The summed E-state index contributed by atoms with van der Waals surface area (Å²) in [6.07, 6.45) is 4.08. The van der Waals surface area contributed by atoms with Crippen LogP contribution in [0.2, 0.25) is 0 Å². The monoisotopic (exact) mass is 280 g/mol. The van der Waals surface area contributed by atoms with Crippen LogP contribution in [-0.4, -0.2) is 29.4 Å². The summed E-state index contributed by atoms with van der Waals surface area (Å²) in [4.78, 5) is 11.4. The van der Waals surface area contributed by atoms with Crippen LogP contribution < -0.4 is 4.74 Å². The third kappa shape index (κ3) is 5.61. The van der Waals surface area contributed by atoms with Crippen molar-refractivity contribution < 1.29 is 19.7 Å². The lowest BCUT2D eigenvalue weighted by Gasteiger charge is -2.25. The number of carboxylic acids is 1. The van der Waals surface area contributed by atoms with Crippen LogP contribution in [0.3, 0.4) is 0 Å². The van der Waals surface area contributed by atoms with Crippen molar-refractivity contribution in [3.8, 4) is 5.75 Å². The van der Waals surface area contributed by atoms with Crippen LogP contribution in [0.4, 0.5) is 0 Å². The van der Waals surface area contributed by atoms with Crippen LogP contribution in [0, 0.1) is 5.41 Å². The molecular formula is C16H24O4. The number of aliphatic hydroxyl groups excluding tert-OH is 1. The highest BCUT2D eigenvalue weighted by Gasteiger charge is 2.33. The zero-order valence-electron chi connectivity index (χ0n) is 12.0. The van der Waals surface area contributed by atoms with E-state index in [1.807, 2.05) is 30.3 Å². The second-order valence-corrected chi connectivity index (χ2v) is 5.36. The molecule has 0 heterocycles. The number of benzene rings is 1. The van der Waals surface area contributed by atoms with Gasteiger partial charge in [0.15, 0.2) is 0 Å². The molecule has 0 aliphatic carbocycles. The summed E-state index contributed by atoms with van der Waals surface area (Å²) in [5.41, 5.74) is -0.866. The lowest BCUT2D eigenvalue weighted by atomic mass is 9.85. The maximum absolute atomic E-state index is 11.4. The molecule has 1 aromatic carbocycles. The molecule has 0 aromatic heterocycles. The van der Waals surface area contributed by atoms with Crippen molar-refractivity contribution in [2.75, 3.05) is 13.2 Å². The van der Waals surface area contributed by atoms with Gasteiger partial charge in [0.05, 0.1) is 5.41 Å². The standard InChI is InChI=1S/C16H24O4/c1-16(15(18)19,11-7-2-3-8-12-17)13-20-14-9-5-4-6-10-14/h4-6,9-10,17H,2-3,7-8,11-13H2,1H3,(H,18,19). The Balaban J connectivity index is 2.43. The van der Waals surface area contributed by atoms with Gasteiger partial charge in [0.25, 0.3) is 0 Å². The first-order chi connectivity index (χ1) is 9.58. The summed E-state index contributed by atoms with van der Waals surface area (Å²) >= 11 is 0. The summed E-state index contributed by atoms with van der Waals surface area (Å²) in [5, 5.41) is 18.1. The fraction of sp³-hybridized carbons (Fsp3) is 0.562. The number of carboxylic acid groups (broad SMARTS) is 1. The van der Waals surface area contributed by atoms with E-state index in [0.29, 0.717) is 12.2 Å². The number of rotatable bonds is 10. The largest absolute Gasteiger partial charge is 0.492 e. The van der Waals surface area contributed by atoms with Crippen molar-refractivity contribution in [2.24, 2.45) is 5.41 Å². The van der Waals surface area contributed by atoms with Crippen LogP contribution in [0.15, 0.2) is 30.3 Å². The summed E-state index contributed by atoms with van der Waals surface area (Å²) < 4.78 is 5.59. The Hall–Kier alpha value is -1.55. The van der Waals surface area contributed by atoms with Gasteiger partial charge in [-0.3, -0.25) is 4.79 Å². The number of carbonyl (C=O) groups is 1. The predicted molar refractivity (Wildman–Crippen MR) is 77.9 cm³/mol. The molecule has 4 heteroatoms. The molecule has 0 radical (unpaired) electrons. The number of unbranched alkanes of at least 4 members (excludes halogenated alkanes) is 3. The van der Waals surface area contributed by atoms with Crippen LogP contribution in [0.25, 0.3) is 0 Å². The number of aliphatic hydroxyl groups is 1. The third-order valence-corrected chi connectivity index (χ3v) is 3.45. The summed E-state index contributed by atoms with van der Waals surface area (Å²) in [5.74, 6) is -0.129. The van der Waals surface area contributed by atoms with Gasteiger partial charge in [0, 0.05) is 6.61 Å². The number of hydrogen-bond acceptors (Lipinski definition) is 3. The lowest BCUT2D eigenvalue weighted by Crippen LogP contribution is -2.34. The molecule has 0 aliphatic rings. The van der Waals surface area contributed by atoms with Gasteiger partial charge in [-0.15, -0.1) is 0 Å². The van der Waals surface area contributed by atoms with Crippen LogP contribution >= 0.6 is 0 Å². The third-order valence-electron chi connectivity index (χ3n) is 3.45. The fourth-order valence-corrected chi connectivity index (χ4v) is 1.98. The Labute approximate surface area is 120 Å². The second kappa shape index (κ2) is 8.59. The van der Waals surface area contributed by atoms with E-state index in [2.05, 4.69) is 0 Å². The summed E-state index contributed by atoms with van der Waals surface area (Å²) in [6, 6.07) is 9.27. The molecule has 2 N–H and O–H groups in total. The molecule has 1 atom stereocenters. The highest BCUT2D eigenvalue weighted by atomic mass is 16.5. The Morgan fingerprint density at radius 1 is 1.15 bits per heavy atom. The molecule has 0 fully saturated rings. The Bertz CT molecular complexity index is 391. The van der Waals surface area contributed by atoms with Gasteiger partial charge in [-0.2, -0.15) is 0 Å². The van der Waals surface area contributed by atoms with Crippen molar-refractivity contribution in [1.29, 1.82) is 0 Å². The van der Waals surface area contributed by atoms with Crippen LogP contribution in [0.5, 0.6) is 5.75 Å². The molecule has 0 amide bonds. The van der Waals surface area contributed by atoms with Crippen molar-refractivity contribution in [3.05, 3.63) is 30.3 Å². The first-order valence-corrected chi connectivity index (χ1v) is 7.10. The van der Waals surface area contributed by atoms with E-state index >= 15 is 0 Å². The van der Waals surface area contributed by atoms with E-state index < -0.39 is 11.4 Å². The normalized spacial score (nSPS) is 13.7. The molecule has 1 aromatic rings. The molecule has 0 spiro atoms. The molecule has 1 unspecified atom stereocenters. The molecule has 20 heavy (non-hydrogen) atoms. The zero-order chi connectivity index (χ0) is 14.8. The first kappa shape index (κ1) is 16.5. The second-order valence-electron chi connectivity index (χ2n) is 5.36. The van der Waals surface area contributed by atoms with E-state index in [0.717, 1.165) is 25.7 Å². The number of ether oxygens (including phenoxy) is 1. The minimum atomic E-state index is -0.866. The summed E-state index contributed by atoms with van der Waals surface area (Å²) in [6.45, 7) is 2.10. The molecule has 0 bridgehead atoms. The minimum absolute atomic E-state index is 0.173. The first-order valence-electron chi connectivity index (χ1n) is 7.10. The van der Waals surface area contributed by atoms with E-state index in [4.69, 9.17) is 9.84 Å². The van der Waals surface area contributed by atoms with E-state index in [-0.39, 0.29) is 13.2 Å². The average Bonchev–Trinajstić information content (AvgIpc) is 2.46. The number of para-hydroxylation sites is 1. The van der Waals surface area contributed by atoms with Gasteiger partial charge < -0.3 is 14.9 Å². The van der Waals surface area contributed by atoms with E-state index in [9.17, 15) is 9.90 Å². The molecule has 112 valence electrons. The van der Waals surface area contributed by atoms with E-state index in [1.165, 1.54) is 0 Å². The van der Waals surface area contributed by atoms with Crippen molar-refractivity contribution in [1.82, 2.24) is 0 Å². The van der Waals surface area contributed by atoms with Gasteiger partial charge in [-0.25, -0.2) is 0 Å². The van der Waals surface area contributed by atoms with Crippen molar-refractivity contribution in [2.45, 2.75) is 39.0 Å². The van der Waals surface area contributed by atoms with Crippen LogP contribution in [0.1, 0.15) is 39.0 Å². The lowest BCUT2D eigenvalue weighted by molar-refractivity contribution is -0.150. The molecule has 0 saturated heterocycles. The van der Waals surface area contributed by atoms with Crippen molar-refractivity contribution in [3.63, 3.8) is 0 Å². The van der Waals surface area contributed by atoms with Gasteiger partial charge in [-0.05, 0) is 31.9 Å². The SMILES string of the molecule is CC(CCCCCCO)(COc1ccccc1)C(=O)O. The Morgan fingerprint density at radius 2 is 1.80 bits per heavy atom. The van der Waals surface area contributed by atoms with E-state index in [1.54, 1.807) is 6.92 Å². The molecule has 0 aliphatic heterocycles. The summed E-state index contributed by atoms with van der Waals surface area (Å²) in [7, 11) is 0.